The number of likely N-dealkylation sites (tertiary alicyclic amines) is 1. The molecular weight excluding hydrogens is 356 g/mol. The van der Waals surface area contributed by atoms with E-state index < -0.39 is 0 Å². The van der Waals surface area contributed by atoms with Gasteiger partial charge in [0.15, 0.2) is 0 Å². The van der Waals surface area contributed by atoms with E-state index in [4.69, 9.17) is 11.6 Å². The summed E-state index contributed by atoms with van der Waals surface area (Å²) in [6, 6.07) is 6.11. The zero-order valence-electron chi connectivity index (χ0n) is 16.3. The van der Waals surface area contributed by atoms with Crippen LogP contribution in [0, 0.1) is 23.7 Å². The highest BCUT2D eigenvalue weighted by Gasteiger charge is 2.54. The molecule has 1 saturated heterocycles. The van der Waals surface area contributed by atoms with Crippen molar-refractivity contribution in [3.8, 4) is 0 Å². The molecule has 3 aliphatic carbocycles. The summed E-state index contributed by atoms with van der Waals surface area (Å²) in [6.45, 7) is 0.958. The summed E-state index contributed by atoms with van der Waals surface area (Å²) >= 11 is 6.48. The molecule has 1 amide bonds. The molecular formula is C23H31ClN2O. The van der Waals surface area contributed by atoms with Crippen molar-refractivity contribution in [2.45, 2.75) is 63.3 Å². The monoisotopic (exact) mass is 386 g/mol. The molecule has 4 aliphatic rings. The van der Waals surface area contributed by atoms with Gasteiger partial charge in [0.05, 0.1) is 0 Å². The topological polar surface area (TPSA) is 32.3 Å². The Morgan fingerprint density at radius 2 is 2.07 bits per heavy atom. The number of amides is 1. The normalized spacial score (nSPS) is 37.7. The molecule has 1 aromatic carbocycles. The van der Waals surface area contributed by atoms with Gasteiger partial charge in [-0.05, 0) is 80.4 Å². The van der Waals surface area contributed by atoms with Crippen LogP contribution in [0.15, 0.2) is 18.2 Å². The number of rotatable bonds is 4. The summed E-state index contributed by atoms with van der Waals surface area (Å²) in [5.41, 5.74) is 2.32. The predicted molar refractivity (Wildman–Crippen MR) is 110 cm³/mol. The molecule has 4 fully saturated rings. The number of carbonyl (C=O) groups excluding carboxylic acids is 1. The van der Waals surface area contributed by atoms with Crippen molar-refractivity contribution in [2.24, 2.45) is 23.7 Å². The molecule has 1 N–H and O–H groups in total. The molecule has 3 unspecified atom stereocenters. The quantitative estimate of drug-likeness (QED) is 0.777. The lowest BCUT2D eigenvalue weighted by Crippen LogP contribution is -2.53. The Hall–Kier alpha value is -1.22. The Morgan fingerprint density at radius 3 is 2.89 bits per heavy atom. The molecule has 0 spiro atoms. The maximum absolute atomic E-state index is 13.4. The molecule has 5 rings (SSSR count). The van der Waals surface area contributed by atoms with Gasteiger partial charge in [0.2, 0.25) is 5.91 Å². The maximum Gasteiger partial charge on any atom is 0.226 e. The molecule has 3 nitrogen and oxygen atoms in total. The van der Waals surface area contributed by atoms with Gasteiger partial charge in [-0.15, -0.1) is 0 Å². The predicted octanol–water partition coefficient (Wildman–Crippen LogP) is 5.13. The molecule has 1 heterocycles. The van der Waals surface area contributed by atoms with Crippen molar-refractivity contribution >= 4 is 23.2 Å². The van der Waals surface area contributed by atoms with E-state index >= 15 is 0 Å². The van der Waals surface area contributed by atoms with Crippen LogP contribution in [0.25, 0.3) is 0 Å². The van der Waals surface area contributed by atoms with Gasteiger partial charge in [-0.3, -0.25) is 4.79 Å². The van der Waals surface area contributed by atoms with E-state index in [0.717, 1.165) is 53.4 Å². The Bertz CT molecular complexity index is 750. The number of hydrogen-bond acceptors (Lipinski definition) is 2. The minimum atomic E-state index is 0.107. The number of nitrogens with one attached hydrogen (secondary N) is 1. The molecule has 3 bridgehead atoms. The SMILES string of the molecule is CNc1ccc(CC2CCN(C34CCCC5C[C@@H](C[C@@H]5C3)C4)C2=O)c(Cl)c1. The molecule has 3 saturated carbocycles. The van der Waals surface area contributed by atoms with Crippen molar-refractivity contribution in [1.82, 2.24) is 4.90 Å². The first kappa shape index (κ1) is 17.8. The number of fused-ring (bicyclic) bond motifs is 2. The third-order valence-electron chi connectivity index (χ3n) is 8.16. The van der Waals surface area contributed by atoms with Crippen LogP contribution < -0.4 is 5.32 Å². The van der Waals surface area contributed by atoms with Crippen molar-refractivity contribution in [2.75, 3.05) is 18.9 Å². The van der Waals surface area contributed by atoms with Crippen molar-refractivity contribution < 1.29 is 4.79 Å². The molecule has 0 radical (unpaired) electrons. The molecule has 27 heavy (non-hydrogen) atoms. The fourth-order valence-corrected chi connectivity index (χ4v) is 7.26. The second-order valence-electron chi connectivity index (χ2n) is 9.62. The second kappa shape index (κ2) is 6.69. The van der Waals surface area contributed by atoms with Crippen molar-refractivity contribution in [3.05, 3.63) is 28.8 Å². The van der Waals surface area contributed by atoms with Gasteiger partial charge in [-0.2, -0.15) is 0 Å². The van der Waals surface area contributed by atoms with Gasteiger partial charge in [0, 0.05) is 35.8 Å². The van der Waals surface area contributed by atoms with E-state index in [0.29, 0.717) is 5.91 Å². The number of benzene rings is 1. The van der Waals surface area contributed by atoms with Gasteiger partial charge >= 0.3 is 0 Å². The van der Waals surface area contributed by atoms with E-state index in [1.165, 1.54) is 44.9 Å². The minimum absolute atomic E-state index is 0.107. The molecule has 1 aromatic rings. The van der Waals surface area contributed by atoms with Gasteiger partial charge < -0.3 is 10.2 Å². The van der Waals surface area contributed by atoms with Crippen LogP contribution in [0.3, 0.4) is 0 Å². The average molecular weight is 387 g/mol. The standard InChI is InChI=1S/C23H31ClN2O/c1-25-20-5-4-17(21(24)12-20)11-18-6-8-26(22(18)27)23-7-2-3-16-9-15(13-23)10-19(16)14-23/h4-5,12,15-16,18-19,25H,2-3,6-11,13-14H2,1H3/t15-,16?,18?,19+,23?/m0/s1. The van der Waals surface area contributed by atoms with E-state index in [1.807, 2.05) is 13.1 Å². The third-order valence-corrected chi connectivity index (χ3v) is 8.52. The van der Waals surface area contributed by atoms with Crippen LogP contribution in [0.2, 0.25) is 5.02 Å². The summed E-state index contributed by atoms with van der Waals surface area (Å²) < 4.78 is 0. The highest BCUT2D eigenvalue weighted by molar-refractivity contribution is 6.31. The van der Waals surface area contributed by atoms with Gasteiger partial charge in [-0.25, -0.2) is 0 Å². The Morgan fingerprint density at radius 1 is 1.22 bits per heavy atom. The molecule has 5 atom stereocenters. The number of hydrogen-bond donors (Lipinski definition) is 1. The molecule has 146 valence electrons. The summed E-state index contributed by atoms with van der Waals surface area (Å²) in [5, 5.41) is 3.90. The first-order valence-electron chi connectivity index (χ1n) is 10.9. The number of carbonyl (C=O) groups is 1. The lowest BCUT2D eigenvalue weighted by molar-refractivity contribution is -0.139. The largest absolute Gasteiger partial charge is 0.388 e. The Balaban J connectivity index is 1.34. The van der Waals surface area contributed by atoms with Crippen LogP contribution in [0.4, 0.5) is 5.69 Å². The van der Waals surface area contributed by atoms with E-state index in [1.54, 1.807) is 0 Å². The zero-order chi connectivity index (χ0) is 18.6. The number of anilines is 1. The summed E-state index contributed by atoms with van der Waals surface area (Å²) in [6.07, 6.45) is 11.2. The summed E-state index contributed by atoms with van der Waals surface area (Å²) in [5.74, 6) is 3.24. The van der Waals surface area contributed by atoms with Crippen LogP contribution in [-0.4, -0.2) is 29.9 Å². The maximum atomic E-state index is 13.4. The smallest absolute Gasteiger partial charge is 0.226 e. The van der Waals surface area contributed by atoms with Crippen LogP contribution in [0.5, 0.6) is 0 Å². The van der Waals surface area contributed by atoms with Crippen LogP contribution >= 0.6 is 11.6 Å². The fraction of sp³-hybridized carbons (Fsp3) is 0.696. The first-order chi connectivity index (χ1) is 13.1. The minimum Gasteiger partial charge on any atom is -0.388 e. The summed E-state index contributed by atoms with van der Waals surface area (Å²) in [4.78, 5) is 15.8. The lowest BCUT2D eigenvalue weighted by atomic mass is 9.72. The summed E-state index contributed by atoms with van der Waals surface area (Å²) in [7, 11) is 1.90. The highest BCUT2D eigenvalue weighted by atomic mass is 35.5. The lowest BCUT2D eigenvalue weighted by Gasteiger charge is -2.47. The average Bonchev–Trinajstić information content (AvgIpc) is 3.12. The van der Waals surface area contributed by atoms with E-state index in [2.05, 4.69) is 22.3 Å². The Labute approximate surface area is 167 Å². The molecule has 0 aromatic heterocycles. The van der Waals surface area contributed by atoms with Gasteiger partial charge in [-0.1, -0.05) is 30.5 Å². The van der Waals surface area contributed by atoms with E-state index in [-0.39, 0.29) is 11.5 Å². The zero-order valence-corrected chi connectivity index (χ0v) is 17.1. The Kier molecular flexibility index (Phi) is 4.42. The number of halogens is 1. The second-order valence-corrected chi connectivity index (χ2v) is 10.0. The van der Waals surface area contributed by atoms with Crippen molar-refractivity contribution in [1.29, 1.82) is 0 Å². The highest BCUT2D eigenvalue weighted by Crippen LogP contribution is 2.57. The van der Waals surface area contributed by atoms with Gasteiger partial charge in [0.25, 0.3) is 0 Å². The van der Waals surface area contributed by atoms with Crippen LogP contribution in [0.1, 0.15) is 56.9 Å². The molecule has 1 aliphatic heterocycles. The third kappa shape index (κ3) is 2.97. The van der Waals surface area contributed by atoms with Gasteiger partial charge in [0.1, 0.15) is 0 Å². The van der Waals surface area contributed by atoms with Crippen LogP contribution in [-0.2, 0) is 11.2 Å². The fourth-order valence-electron chi connectivity index (χ4n) is 7.00. The van der Waals surface area contributed by atoms with E-state index in [9.17, 15) is 4.79 Å². The first-order valence-corrected chi connectivity index (χ1v) is 11.2. The number of nitrogens with zero attached hydrogens (tertiary/aromatic N) is 1. The van der Waals surface area contributed by atoms with Crippen molar-refractivity contribution in [3.63, 3.8) is 0 Å². The molecule has 4 heteroatoms.